The minimum absolute atomic E-state index is 0.731. The van der Waals surface area contributed by atoms with Crippen LogP contribution >= 0.6 is 0 Å². The Morgan fingerprint density at radius 2 is 1.19 bits per heavy atom. The Bertz CT molecular complexity index is 436. The van der Waals surface area contributed by atoms with Gasteiger partial charge in [0.15, 0.2) is 0 Å². The summed E-state index contributed by atoms with van der Waals surface area (Å²) < 4.78 is 0. The van der Waals surface area contributed by atoms with Crippen LogP contribution in [-0.4, -0.2) is 0 Å². The van der Waals surface area contributed by atoms with Crippen LogP contribution < -0.4 is 5.73 Å². The first-order valence-electron chi connectivity index (χ1n) is 5.08. The Morgan fingerprint density at radius 1 is 0.750 bits per heavy atom. The predicted molar refractivity (Wildman–Crippen MR) is 66.2 cm³/mol. The molecule has 0 saturated heterocycles. The number of azo groups is 1. The fraction of sp³-hybridized carbons (Fsp3) is 0.0769. The van der Waals surface area contributed by atoms with Crippen molar-refractivity contribution < 1.29 is 0 Å². The monoisotopic (exact) mass is 211 g/mol. The quantitative estimate of drug-likeness (QED) is 0.592. The van der Waals surface area contributed by atoms with Gasteiger partial charge in [0.2, 0.25) is 0 Å². The molecular weight excluding hydrogens is 198 g/mol. The standard InChI is InChI=1S/C13H13N3/c1-10-2-6-12(7-3-10)15-16-13-8-4-11(14)5-9-13/h2-9H,14H2,1H3. The predicted octanol–water partition coefficient (Wildman–Crippen LogP) is 3.99. The van der Waals surface area contributed by atoms with Crippen LogP contribution in [0, 0.1) is 6.92 Å². The van der Waals surface area contributed by atoms with Crippen LogP contribution in [0.3, 0.4) is 0 Å². The van der Waals surface area contributed by atoms with Crippen molar-refractivity contribution in [3.8, 4) is 0 Å². The lowest BCUT2D eigenvalue weighted by molar-refractivity contribution is 1.23. The second-order valence-electron chi connectivity index (χ2n) is 3.63. The first-order valence-corrected chi connectivity index (χ1v) is 5.08. The average molecular weight is 211 g/mol. The molecule has 0 fully saturated rings. The lowest BCUT2D eigenvalue weighted by Crippen LogP contribution is -1.80. The number of hydrogen-bond acceptors (Lipinski definition) is 3. The summed E-state index contributed by atoms with van der Waals surface area (Å²) in [6.45, 7) is 2.04. The summed E-state index contributed by atoms with van der Waals surface area (Å²) in [6.07, 6.45) is 0. The highest BCUT2D eigenvalue weighted by atomic mass is 15.1. The molecule has 0 amide bonds. The normalized spacial score (nSPS) is 10.8. The van der Waals surface area contributed by atoms with Gasteiger partial charge in [0.25, 0.3) is 0 Å². The molecule has 0 atom stereocenters. The summed E-state index contributed by atoms with van der Waals surface area (Å²) in [5.74, 6) is 0. The van der Waals surface area contributed by atoms with E-state index >= 15 is 0 Å². The van der Waals surface area contributed by atoms with Crippen LogP contribution in [0.25, 0.3) is 0 Å². The Balaban J connectivity index is 2.15. The van der Waals surface area contributed by atoms with E-state index in [1.54, 1.807) is 0 Å². The van der Waals surface area contributed by atoms with Gasteiger partial charge in [-0.1, -0.05) is 17.7 Å². The fourth-order valence-corrected chi connectivity index (χ4v) is 1.27. The van der Waals surface area contributed by atoms with Gasteiger partial charge in [0, 0.05) is 5.69 Å². The number of nitrogens with zero attached hydrogens (tertiary/aromatic N) is 2. The molecule has 0 spiro atoms. The summed E-state index contributed by atoms with van der Waals surface area (Å²) in [5, 5.41) is 8.25. The van der Waals surface area contributed by atoms with Crippen LogP contribution in [-0.2, 0) is 0 Å². The maximum absolute atomic E-state index is 5.58. The molecule has 0 unspecified atom stereocenters. The lowest BCUT2D eigenvalue weighted by atomic mass is 10.2. The number of anilines is 1. The minimum atomic E-state index is 0.731. The van der Waals surface area contributed by atoms with E-state index in [0.29, 0.717) is 0 Å². The average Bonchev–Trinajstić information content (AvgIpc) is 2.30. The highest BCUT2D eigenvalue weighted by Gasteiger charge is 1.90. The zero-order chi connectivity index (χ0) is 11.4. The topological polar surface area (TPSA) is 50.7 Å². The summed E-state index contributed by atoms with van der Waals surface area (Å²) in [4.78, 5) is 0. The molecule has 2 aromatic carbocycles. The molecule has 16 heavy (non-hydrogen) atoms. The molecule has 0 aliphatic carbocycles. The Hall–Kier alpha value is -2.16. The molecular formula is C13H13N3. The Morgan fingerprint density at radius 3 is 1.69 bits per heavy atom. The largest absolute Gasteiger partial charge is 0.399 e. The van der Waals surface area contributed by atoms with Gasteiger partial charge in [-0.2, -0.15) is 10.2 Å². The minimum Gasteiger partial charge on any atom is -0.399 e. The first kappa shape index (κ1) is 10.4. The summed E-state index contributed by atoms with van der Waals surface area (Å²) >= 11 is 0. The fourth-order valence-electron chi connectivity index (χ4n) is 1.27. The molecule has 2 N–H and O–H groups in total. The second-order valence-corrected chi connectivity index (χ2v) is 3.63. The van der Waals surface area contributed by atoms with Crippen molar-refractivity contribution in [2.24, 2.45) is 10.2 Å². The Labute approximate surface area is 94.6 Å². The van der Waals surface area contributed by atoms with Gasteiger partial charge in [-0.15, -0.1) is 0 Å². The second kappa shape index (κ2) is 4.57. The molecule has 3 nitrogen and oxygen atoms in total. The number of rotatable bonds is 2. The van der Waals surface area contributed by atoms with Gasteiger partial charge in [0.1, 0.15) is 0 Å². The summed E-state index contributed by atoms with van der Waals surface area (Å²) in [5.41, 5.74) is 9.17. The molecule has 0 saturated carbocycles. The van der Waals surface area contributed by atoms with Gasteiger partial charge in [-0.25, -0.2) is 0 Å². The van der Waals surface area contributed by atoms with Crippen molar-refractivity contribution in [1.29, 1.82) is 0 Å². The van der Waals surface area contributed by atoms with Crippen molar-refractivity contribution in [3.63, 3.8) is 0 Å². The molecule has 0 bridgehead atoms. The van der Waals surface area contributed by atoms with Gasteiger partial charge in [0.05, 0.1) is 11.4 Å². The van der Waals surface area contributed by atoms with Crippen molar-refractivity contribution in [3.05, 3.63) is 54.1 Å². The van der Waals surface area contributed by atoms with Crippen molar-refractivity contribution in [1.82, 2.24) is 0 Å². The first-order chi connectivity index (χ1) is 7.74. The SMILES string of the molecule is Cc1ccc(N=Nc2ccc(N)cc2)cc1. The third-order valence-electron chi connectivity index (χ3n) is 2.21. The van der Waals surface area contributed by atoms with Crippen molar-refractivity contribution in [2.45, 2.75) is 6.92 Å². The molecule has 0 aliphatic rings. The van der Waals surface area contributed by atoms with Gasteiger partial charge >= 0.3 is 0 Å². The molecule has 3 heteroatoms. The molecule has 0 radical (unpaired) electrons. The number of nitrogen functional groups attached to an aromatic ring is 1. The van der Waals surface area contributed by atoms with E-state index in [0.717, 1.165) is 17.1 Å². The van der Waals surface area contributed by atoms with E-state index in [1.165, 1.54) is 5.56 Å². The Kier molecular flexibility index (Phi) is 2.96. The maximum atomic E-state index is 5.58. The van der Waals surface area contributed by atoms with Crippen molar-refractivity contribution in [2.75, 3.05) is 5.73 Å². The molecule has 80 valence electrons. The van der Waals surface area contributed by atoms with Crippen LogP contribution in [0.4, 0.5) is 17.1 Å². The number of aryl methyl sites for hydroxylation is 1. The van der Waals surface area contributed by atoms with Crippen LogP contribution in [0.5, 0.6) is 0 Å². The summed E-state index contributed by atoms with van der Waals surface area (Å²) in [6, 6.07) is 15.2. The molecule has 2 aromatic rings. The van der Waals surface area contributed by atoms with E-state index in [2.05, 4.69) is 10.2 Å². The third-order valence-corrected chi connectivity index (χ3v) is 2.21. The van der Waals surface area contributed by atoms with E-state index < -0.39 is 0 Å². The summed E-state index contributed by atoms with van der Waals surface area (Å²) in [7, 11) is 0. The number of benzene rings is 2. The van der Waals surface area contributed by atoms with Crippen LogP contribution in [0.15, 0.2) is 58.8 Å². The maximum Gasteiger partial charge on any atom is 0.0858 e. The zero-order valence-electron chi connectivity index (χ0n) is 9.09. The highest BCUT2D eigenvalue weighted by Crippen LogP contribution is 2.19. The van der Waals surface area contributed by atoms with Gasteiger partial charge < -0.3 is 5.73 Å². The zero-order valence-corrected chi connectivity index (χ0v) is 9.09. The van der Waals surface area contributed by atoms with Gasteiger partial charge in [-0.3, -0.25) is 0 Å². The van der Waals surface area contributed by atoms with Crippen LogP contribution in [0.1, 0.15) is 5.56 Å². The van der Waals surface area contributed by atoms with E-state index in [-0.39, 0.29) is 0 Å². The van der Waals surface area contributed by atoms with E-state index in [4.69, 9.17) is 5.73 Å². The number of nitrogens with two attached hydrogens (primary N) is 1. The molecule has 2 rings (SSSR count). The molecule has 0 aliphatic heterocycles. The number of hydrogen-bond donors (Lipinski definition) is 1. The van der Waals surface area contributed by atoms with Crippen LogP contribution in [0.2, 0.25) is 0 Å². The highest BCUT2D eigenvalue weighted by molar-refractivity contribution is 5.48. The van der Waals surface area contributed by atoms with Gasteiger partial charge in [-0.05, 0) is 43.3 Å². The smallest absolute Gasteiger partial charge is 0.0858 e. The van der Waals surface area contributed by atoms with E-state index in [9.17, 15) is 0 Å². The molecule has 0 aromatic heterocycles. The third kappa shape index (κ3) is 2.67. The van der Waals surface area contributed by atoms with Crippen molar-refractivity contribution >= 4 is 17.1 Å². The lowest BCUT2D eigenvalue weighted by Gasteiger charge is -1.95. The van der Waals surface area contributed by atoms with E-state index in [1.807, 2.05) is 55.5 Å². The molecule has 0 heterocycles.